The molecule has 5 nitrogen and oxygen atoms in total. The Bertz CT molecular complexity index is 798. The highest BCUT2D eigenvalue weighted by atomic mass is 19.3. The number of aliphatic hydroxyl groups is 2. The Morgan fingerprint density at radius 1 is 1.22 bits per heavy atom. The number of aliphatic hydroxyl groups excluding tert-OH is 2. The molecular weight excluding hydrogens is 418 g/mol. The normalized spacial score (nSPS) is 23.2. The average molecular weight is 451 g/mol. The van der Waals surface area contributed by atoms with E-state index < -0.39 is 36.6 Å². The van der Waals surface area contributed by atoms with Crippen LogP contribution in [0.25, 0.3) is 0 Å². The predicted molar refractivity (Wildman–Crippen MR) is 117 cm³/mol. The molecule has 0 radical (unpaired) electrons. The average Bonchev–Trinajstić information content (AvgIpc) is 3.00. The van der Waals surface area contributed by atoms with Crippen LogP contribution in [-0.2, 0) is 9.53 Å². The van der Waals surface area contributed by atoms with Crippen molar-refractivity contribution in [3.63, 3.8) is 0 Å². The first-order chi connectivity index (χ1) is 15.2. The number of esters is 1. The van der Waals surface area contributed by atoms with Crippen LogP contribution in [0, 0.1) is 23.7 Å². The predicted octanol–water partition coefficient (Wildman–Crippen LogP) is 4.13. The number of hydrogen-bond donors (Lipinski definition) is 2. The molecule has 0 heterocycles. The molecule has 0 bridgehead atoms. The summed E-state index contributed by atoms with van der Waals surface area (Å²) in [6.07, 6.45) is 1.86. The number of benzene rings is 1. The summed E-state index contributed by atoms with van der Waals surface area (Å²) < 4.78 is 38.6. The maximum Gasteiger partial charge on any atom is 0.306 e. The largest absolute Gasteiger partial charge is 0.487 e. The van der Waals surface area contributed by atoms with Crippen molar-refractivity contribution in [1.82, 2.24) is 0 Å². The van der Waals surface area contributed by atoms with E-state index in [4.69, 9.17) is 9.47 Å². The molecule has 0 aromatic heterocycles. The fourth-order valence-corrected chi connectivity index (χ4v) is 3.58. The van der Waals surface area contributed by atoms with Gasteiger partial charge in [0.1, 0.15) is 5.75 Å². The van der Waals surface area contributed by atoms with Crippen LogP contribution in [0.1, 0.15) is 46.0 Å². The number of halogens is 2. The van der Waals surface area contributed by atoms with E-state index in [2.05, 4.69) is 11.8 Å². The fraction of sp³-hybridized carbons (Fsp3) is 0.560. The minimum Gasteiger partial charge on any atom is -0.487 e. The van der Waals surface area contributed by atoms with Crippen molar-refractivity contribution in [2.75, 3.05) is 6.61 Å². The Labute approximate surface area is 188 Å². The van der Waals surface area contributed by atoms with E-state index in [1.807, 2.05) is 0 Å². The lowest BCUT2D eigenvalue weighted by Crippen LogP contribution is -2.25. The molecule has 1 fully saturated rings. The lowest BCUT2D eigenvalue weighted by Gasteiger charge is -2.20. The van der Waals surface area contributed by atoms with Crippen molar-refractivity contribution in [3.05, 3.63) is 42.5 Å². The summed E-state index contributed by atoms with van der Waals surface area (Å²) in [4.78, 5) is 11.5. The molecule has 0 spiro atoms. The molecule has 0 amide bonds. The third-order valence-corrected chi connectivity index (χ3v) is 5.17. The molecule has 0 unspecified atom stereocenters. The van der Waals surface area contributed by atoms with Gasteiger partial charge in [0.05, 0.1) is 18.3 Å². The highest BCUT2D eigenvalue weighted by molar-refractivity contribution is 5.69. The second-order valence-electron chi connectivity index (χ2n) is 8.28. The molecule has 4 atom stereocenters. The van der Waals surface area contributed by atoms with Gasteiger partial charge in [-0.25, -0.2) is 0 Å². The van der Waals surface area contributed by atoms with E-state index in [9.17, 15) is 23.8 Å². The minimum absolute atomic E-state index is 0.120. The van der Waals surface area contributed by atoms with E-state index in [1.165, 1.54) is 6.08 Å². The van der Waals surface area contributed by atoms with Crippen molar-refractivity contribution in [2.24, 2.45) is 11.8 Å². The molecule has 0 saturated heterocycles. The van der Waals surface area contributed by atoms with Gasteiger partial charge in [-0.05, 0) is 38.5 Å². The van der Waals surface area contributed by atoms with Gasteiger partial charge in [0.2, 0.25) is 0 Å². The highest BCUT2D eigenvalue weighted by Crippen LogP contribution is 2.36. The summed E-state index contributed by atoms with van der Waals surface area (Å²) in [5.41, 5.74) is 0. The third-order valence-electron chi connectivity index (χ3n) is 5.17. The number of carbonyl (C=O) groups excluding carboxylic acids is 1. The molecule has 0 aliphatic heterocycles. The van der Waals surface area contributed by atoms with Crippen LogP contribution < -0.4 is 4.74 Å². The van der Waals surface area contributed by atoms with Gasteiger partial charge < -0.3 is 19.7 Å². The highest BCUT2D eigenvalue weighted by Gasteiger charge is 2.40. The number of hydrogen-bond acceptors (Lipinski definition) is 5. The first kappa shape index (κ1) is 25.8. The lowest BCUT2D eigenvalue weighted by atomic mass is 9.90. The lowest BCUT2D eigenvalue weighted by molar-refractivity contribution is -0.147. The monoisotopic (exact) mass is 450 g/mol. The Morgan fingerprint density at radius 3 is 2.62 bits per heavy atom. The SMILES string of the molecule is CC(C)OC(=O)CCCC#CC[C@@H]1[C@@H](/C=C/C(F)(F)COc2ccccc2)[C@H](O)C[C@@H]1O. The summed E-state index contributed by atoms with van der Waals surface area (Å²) in [5, 5.41) is 20.5. The van der Waals surface area contributed by atoms with E-state index in [0.29, 0.717) is 18.6 Å². The zero-order valence-electron chi connectivity index (χ0n) is 18.5. The third kappa shape index (κ3) is 8.97. The molecule has 2 N–H and O–H groups in total. The van der Waals surface area contributed by atoms with Crippen molar-refractivity contribution >= 4 is 5.97 Å². The number of rotatable bonds is 10. The molecule has 1 aromatic rings. The number of alkyl halides is 2. The summed E-state index contributed by atoms with van der Waals surface area (Å²) in [5.74, 6) is 1.70. The molecular formula is C25H32F2O5. The van der Waals surface area contributed by atoms with Crippen LogP contribution in [0.2, 0.25) is 0 Å². The maximum atomic E-state index is 14.2. The van der Waals surface area contributed by atoms with Crippen molar-refractivity contribution in [1.29, 1.82) is 0 Å². The van der Waals surface area contributed by atoms with E-state index >= 15 is 0 Å². The topological polar surface area (TPSA) is 76.0 Å². The molecule has 1 aliphatic carbocycles. The first-order valence-electron chi connectivity index (χ1n) is 10.9. The van der Waals surface area contributed by atoms with E-state index in [1.54, 1.807) is 44.2 Å². The van der Waals surface area contributed by atoms with Gasteiger partial charge in [-0.1, -0.05) is 24.3 Å². The maximum absolute atomic E-state index is 14.2. The van der Waals surface area contributed by atoms with E-state index in [-0.39, 0.29) is 31.3 Å². The van der Waals surface area contributed by atoms with Gasteiger partial charge in [-0.2, -0.15) is 8.78 Å². The van der Waals surface area contributed by atoms with Crippen LogP contribution in [0.5, 0.6) is 5.75 Å². The molecule has 32 heavy (non-hydrogen) atoms. The van der Waals surface area contributed by atoms with Crippen molar-refractivity contribution < 1.29 is 33.3 Å². The molecule has 7 heteroatoms. The van der Waals surface area contributed by atoms with Crippen LogP contribution >= 0.6 is 0 Å². The van der Waals surface area contributed by atoms with Gasteiger partial charge in [0.25, 0.3) is 5.92 Å². The Morgan fingerprint density at radius 2 is 1.94 bits per heavy atom. The molecule has 2 rings (SSSR count). The van der Waals surface area contributed by atoms with Gasteiger partial charge in [0.15, 0.2) is 6.61 Å². The van der Waals surface area contributed by atoms with E-state index in [0.717, 1.165) is 6.08 Å². The first-order valence-corrected chi connectivity index (χ1v) is 10.9. The summed E-state index contributed by atoms with van der Waals surface area (Å²) >= 11 is 0. The zero-order valence-corrected chi connectivity index (χ0v) is 18.5. The standard InChI is InChI=1S/C25H32F2O5/c1-18(2)32-24(30)13-9-4-3-8-12-20-21(23(29)16-22(20)28)14-15-25(26,27)17-31-19-10-6-5-7-11-19/h5-7,10-11,14-15,18,20-23,28-29H,4,9,12-13,16-17H2,1-2H3/b15-14+/t20-,21-,22+,23-/m1/s1. The molecule has 1 saturated carbocycles. The number of para-hydroxylation sites is 1. The number of carbonyl (C=O) groups is 1. The summed E-state index contributed by atoms with van der Waals surface area (Å²) in [6.45, 7) is 2.76. The van der Waals surface area contributed by atoms with Gasteiger partial charge in [-0.15, -0.1) is 11.8 Å². The second-order valence-corrected chi connectivity index (χ2v) is 8.28. The summed E-state index contributed by atoms with van der Waals surface area (Å²) in [6, 6.07) is 8.35. The van der Waals surface area contributed by atoms with Crippen molar-refractivity contribution in [2.45, 2.75) is 70.2 Å². The van der Waals surface area contributed by atoms with Crippen LogP contribution in [0.15, 0.2) is 42.5 Å². The Kier molecular flexibility index (Phi) is 10.1. The number of ether oxygens (including phenoxy) is 2. The Balaban J connectivity index is 1.85. The second kappa shape index (κ2) is 12.6. The minimum atomic E-state index is -3.22. The number of unbranched alkanes of at least 4 members (excludes halogenated alkanes) is 1. The van der Waals surface area contributed by atoms with Crippen molar-refractivity contribution in [3.8, 4) is 17.6 Å². The summed E-state index contributed by atoms with van der Waals surface area (Å²) in [7, 11) is 0. The molecule has 1 aromatic carbocycles. The fourth-order valence-electron chi connectivity index (χ4n) is 3.58. The van der Waals surface area contributed by atoms with Gasteiger partial charge >= 0.3 is 5.97 Å². The smallest absolute Gasteiger partial charge is 0.306 e. The molecule has 176 valence electrons. The Hall–Kier alpha value is -2.43. The van der Waals surface area contributed by atoms with Crippen LogP contribution in [-0.4, -0.2) is 47.0 Å². The van der Waals surface area contributed by atoms with Crippen LogP contribution in [0.4, 0.5) is 8.78 Å². The van der Waals surface area contributed by atoms with Gasteiger partial charge in [0, 0.05) is 37.5 Å². The van der Waals surface area contributed by atoms with Gasteiger partial charge in [-0.3, -0.25) is 4.79 Å². The quantitative estimate of drug-likeness (QED) is 0.243. The zero-order chi connectivity index (χ0) is 23.6. The van der Waals surface area contributed by atoms with Crippen LogP contribution in [0.3, 0.4) is 0 Å². The molecule has 1 aliphatic rings.